The minimum absolute atomic E-state index is 0.0129. The molecular weight excluding hydrogens is 388 g/mol. The summed E-state index contributed by atoms with van der Waals surface area (Å²) in [5.41, 5.74) is 0.606. The Hall–Kier alpha value is -2.15. The molecule has 1 saturated heterocycles. The number of fused-ring (bicyclic) bond motifs is 1. The molecule has 0 unspecified atom stereocenters. The summed E-state index contributed by atoms with van der Waals surface area (Å²) in [5, 5.41) is 0. The molecule has 0 radical (unpaired) electrons. The number of carbonyl (C=O) groups is 3. The molecule has 2 aliphatic rings. The van der Waals surface area contributed by atoms with Crippen LogP contribution < -0.4 is 0 Å². The zero-order valence-corrected chi connectivity index (χ0v) is 18.7. The van der Waals surface area contributed by atoms with Crippen LogP contribution in [0.4, 0.5) is 0 Å². The second kappa shape index (κ2) is 10.2. The van der Waals surface area contributed by atoms with Gasteiger partial charge in [-0.3, -0.25) is 9.59 Å². The van der Waals surface area contributed by atoms with Gasteiger partial charge < -0.3 is 18.9 Å². The topological polar surface area (TPSA) is 91.4 Å². The molecule has 30 heavy (non-hydrogen) atoms. The highest BCUT2D eigenvalue weighted by molar-refractivity contribution is 5.88. The lowest BCUT2D eigenvalue weighted by atomic mass is 9.83. The number of hydrogen-bond acceptors (Lipinski definition) is 7. The van der Waals surface area contributed by atoms with E-state index in [2.05, 4.69) is 6.58 Å². The largest absolute Gasteiger partial charge is 0.466 e. The van der Waals surface area contributed by atoms with Crippen LogP contribution in [-0.2, 0) is 33.3 Å². The molecule has 5 atom stereocenters. The van der Waals surface area contributed by atoms with E-state index in [0.717, 1.165) is 5.57 Å². The second-order valence-corrected chi connectivity index (χ2v) is 8.35. The van der Waals surface area contributed by atoms with Crippen molar-refractivity contribution in [2.24, 2.45) is 11.8 Å². The Kier molecular flexibility index (Phi) is 8.24. The van der Waals surface area contributed by atoms with Gasteiger partial charge in [-0.1, -0.05) is 32.1 Å². The van der Waals surface area contributed by atoms with Gasteiger partial charge in [-0.2, -0.15) is 0 Å². The number of carbonyl (C=O) groups excluding carboxylic acids is 3. The van der Waals surface area contributed by atoms with Crippen LogP contribution in [0, 0.1) is 11.8 Å². The Morgan fingerprint density at radius 1 is 1.33 bits per heavy atom. The van der Waals surface area contributed by atoms with E-state index in [9.17, 15) is 14.4 Å². The SMILES string of the molecule is C=C(C)[C@H]1C/C=C(/C(=O)OC)CC[C@H]2O[C@]2(COC(=O)[C@H](C)CC)[C@@H](OC(C)=O)C1. The number of rotatable bonds is 7. The lowest BCUT2D eigenvalue weighted by molar-refractivity contribution is -0.158. The fourth-order valence-electron chi connectivity index (χ4n) is 3.82. The average molecular weight is 423 g/mol. The van der Waals surface area contributed by atoms with E-state index in [4.69, 9.17) is 18.9 Å². The molecule has 0 aromatic rings. The van der Waals surface area contributed by atoms with Crippen molar-refractivity contribution in [3.63, 3.8) is 0 Å². The first kappa shape index (κ1) is 24.1. The summed E-state index contributed by atoms with van der Waals surface area (Å²) in [6, 6.07) is 0. The van der Waals surface area contributed by atoms with E-state index >= 15 is 0 Å². The van der Waals surface area contributed by atoms with Crippen molar-refractivity contribution in [1.29, 1.82) is 0 Å². The third-order valence-corrected chi connectivity index (χ3v) is 6.13. The third-order valence-electron chi connectivity index (χ3n) is 6.13. The second-order valence-electron chi connectivity index (χ2n) is 8.35. The minimum Gasteiger partial charge on any atom is -0.466 e. The van der Waals surface area contributed by atoms with Crippen molar-refractivity contribution in [3.8, 4) is 0 Å². The van der Waals surface area contributed by atoms with Crippen molar-refractivity contribution in [1.82, 2.24) is 0 Å². The first-order valence-corrected chi connectivity index (χ1v) is 10.6. The summed E-state index contributed by atoms with van der Waals surface area (Å²) in [6.07, 6.45) is 3.75. The quantitative estimate of drug-likeness (QED) is 0.268. The molecule has 1 fully saturated rings. The first-order chi connectivity index (χ1) is 14.1. The van der Waals surface area contributed by atoms with E-state index in [0.29, 0.717) is 37.7 Å². The standard InChI is InChI=1S/C23H34O7/c1-7-15(4)21(25)28-13-23-19(30-23)11-10-17(22(26)27-6)8-9-18(14(2)3)12-20(23)29-16(5)24/h8,15,18-20H,2,7,9-13H2,1,3-6H3/b17-8+/t15-,18+,19-,20+,23+/m1/s1. The van der Waals surface area contributed by atoms with Gasteiger partial charge >= 0.3 is 17.9 Å². The Labute approximate surface area is 178 Å². The lowest BCUT2D eigenvalue weighted by Crippen LogP contribution is -2.42. The molecular formula is C23H34O7. The lowest BCUT2D eigenvalue weighted by Gasteiger charge is -2.29. The Morgan fingerprint density at radius 3 is 2.60 bits per heavy atom. The summed E-state index contributed by atoms with van der Waals surface area (Å²) >= 11 is 0. The number of ether oxygens (including phenoxy) is 4. The monoisotopic (exact) mass is 422 g/mol. The van der Waals surface area contributed by atoms with Gasteiger partial charge in [0, 0.05) is 12.5 Å². The maximum atomic E-state index is 12.3. The highest BCUT2D eigenvalue weighted by Gasteiger charge is 2.64. The molecule has 0 amide bonds. The summed E-state index contributed by atoms with van der Waals surface area (Å²) in [5.74, 6) is -1.32. The van der Waals surface area contributed by atoms with E-state index in [1.807, 2.05) is 26.8 Å². The van der Waals surface area contributed by atoms with Crippen LogP contribution in [0.5, 0.6) is 0 Å². The van der Waals surface area contributed by atoms with Crippen molar-refractivity contribution < 1.29 is 33.3 Å². The molecule has 1 aliphatic carbocycles. The van der Waals surface area contributed by atoms with E-state index in [1.54, 1.807) is 0 Å². The summed E-state index contributed by atoms with van der Waals surface area (Å²) in [6.45, 7) is 11.1. The van der Waals surface area contributed by atoms with Gasteiger partial charge in [-0.25, -0.2) is 4.79 Å². The molecule has 0 bridgehead atoms. The van der Waals surface area contributed by atoms with E-state index < -0.39 is 17.7 Å². The molecule has 2 rings (SSSR count). The van der Waals surface area contributed by atoms with Gasteiger partial charge in [0.2, 0.25) is 0 Å². The van der Waals surface area contributed by atoms with Gasteiger partial charge in [0.05, 0.1) is 19.1 Å². The van der Waals surface area contributed by atoms with Gasteiger partial charge in [0.15, 0.2) is 5.60 Å². The maximum absolute atomic E-state index is 12.3. The molecule has 0 aromatic heterocycles. The predicted octanol–water partition coefficient (Wildman–Crippen LogP) is 3.51. The average Bonchev–Trinajstić information content (AvgIpc) is 3.42. The van der Waals surface area contributed by atoms with Crippen molar-refractivity contribution in [2.45, 2.75) is 77.6 Å². The highest BCUT2D eigenvalue weighted by Crippen LogP contribution is 2.48. The van der Waals surface area contributed by atoms with Crippen LogP contribution in [-0.4, -0.2) is 49.4 Å². The van der Waals surface area contributed by atoms with Crippen LogP contribution in [0.2, 0.25) is 0 Å². The molecule has 0 aromatic carbocycles. The van der Waals surface area contributed by atoms with Gasteiger partial charge in [-0.05, 0) is 44.9 Å². The number of allylic oxidation sites excluding steroid dienone is 2. The summed E-state index contributed by atoms with van der Waals surface area (Å²) in [4.78, 5) is 36.3. The fraction of sp³-hybridized carbons (Fsp3) is 0.696. The Bertz CT molecular complexity index is 710. The summed E-state index contributed by atoms with van der Waals surface area (Å²) < 4.78 is 22.2. The van der Waals surface area contributed by atoms with Crippen LogP contribution in [0.1, 0.15) is 59.8 Å². The Balaban J connectivity index is 2.31. The molecule has 1 aliphatic heterocycles. The van der Waals surface area contributed by atoms with Crippen molar-refractivity contribution in [2.75, 3.05) is 13.7 Å². The highest BCUT2D eigenvalue weighted by atomic mass is 16.7. The summed E-state index contributed by atoms with van der Waals surface area (Å²) in [7, 11) is 1.36. The smallest absolute Gasteiger partial charge is 0.333 e. The number of hydrogen-bond donors (Lipinski definition) is 0. The fourth-order valence-corrected chi connectivity index (χ4v) is 3.82. The van der Waals surface area contributed by atoms with E-state index in [1.165, 1.54) is 14.0 Å². The van der Waals surface area contributed by atoms with Crippen molar-refractivity contribution in [3.05, 3.63) is 23.8 Å². The number of esters is 3. The minimum atomic E-state index is -0.902. The molecule has 7 nitrogen and oxygen atoms in total. The van der Waals surface area contributed by atoms with Gasteiger partial charge in [0.25, 0.3) is 0 Å². The first-order valence-electron chi connectivity index (χ1n) is 10.6. The zero-order chi connectivity index (χ0) is 22.5. The number of epoxide rings is 1. The van der Waals surface area contributed by atoms with Gasteiger partial charge in [0.1, 0.15) is 12.7 Å². The van der Waals surface area contributed by atoms with Crippen LogP contribution in [0.25, 0.3) is 0 Å². The predicted molar refractivity (Wildman–Crippen MR) is 110 cm³/mol. The molecule has 1 heterocycles. The van der Waals surface area contributed by atoms with Crippen LogP contribution in [0.15, 0.2) is 23.8 Å². The van der Waals surface area contributed by atoms with E-state index in [-0.39, 0.29) is 36.5 Å². The van der Waals surface area contributed by atoms with Gasteiger partial charge in [-0.15, -0.1) is 0 Å². The molecule has 0 saturated carbocycles. The van der Waals surface area contributed by atoms with Crippen LogP contribution >= 0.6 is 0 Å². The number of methoxy groups -OCH3 is 1. The zero-order valence-electron chi connectivity index (χ0n) is 18.7. The normalized spacial score (nSPS) is 31.2. The molecule has 0 spiro atoms. The van der Waals surface area contributed by atoms with Crippen LogP contribution in [0.3, 0.4) is 0 Å². The molecule has 168 valence electrons. The maximum Gasteiger partial charge on any atom is 0.333 e. The Morgan fingerprint density at radius 2 is 2.03 bits per heavy atom. The van der Waals surface area contributed by atoms with Crippen molar-refractivity contribution >= 4 is 17.9 Å². The molecule has 7 heteroatoms. The molecule has 0 N–H and O–H groups in total. The third kappa shape index (κ3) is 5.72.